The summed E-state index contributed by atoms with van der Waals surface area (Å²) >= 11 is 0. The number of phenols is 6. The molecule has 8 rings (SSSR count). The Bertz CT molecular complexity index is 2530. The van der Waals surface area contributed by atoms with Gasteiger partial charge in [-0.05, 0) is 41.0 Å². The van der Waals surface area contributed by atoms with Crippen molar-refractivity contribution < 1.29 is 35.7 Å². The molecule has 9 heteroatoms. The summed E-state index contributed by atoms with van der Waals surface area (Å²) in [5.74, 6) is -3.05. The molecule has 0 atom stereocenters. The highest BCUT2D eigenvalue weighted by Crippen LogP contribution is 2.60. The van der Waals surface area contributed by atoms with Gasteiger partial charge in [0.25, 0.3) is 0 Å². The monoisotopic (exact) mass is 520 g/mol. The van der Waals surface area contributed by atoms with Crippen LogP contribution in [0.5, 0.6) is 34.5 Å². The predicted molar refractivity (Wildman–Crippen MR) is 147 cm³/mol. The second-order valence-corrected chi connectivity index (χ2v) is 10.2. The molecule has 0 unspecified atom stereocenters. The summed E-state index contributed by atoms with van der Waals surface area (Å²) in [7, 11) is 0. The molecule has 0 fully saturated rings. The Morgan fingerprint density at radius 3 is 1.33 bits per heavy atom. The lowest BCUT2D eigenvalue weighted by Gasteiger charge is -2.25. The molecular formula is C30H16O9. The molecule has 190 valence electrons. The molecule has 0 aliphatic heterocycles. The first kappa shape index (κ1) is 21.8. The molecular weight excluding hydrogens is 504 g/mol. The molecule has 0 amide bonds. The number of rotatable bonds is 1. The summed E-state index contributed by atoms with van der Waals surface area (Å²) in [5.41, 5.74) is -0.481. The first-order valence-corrected chi connectivity index (χ1v) is 12.0. The van der Waals surface area contributed by atoms with Crippen LogP contribution < -0.4 is 10.9 Å². The van der Waals surface area contributed by atoms with Crippen molar-refractivity contribution in [3.63, 3.8) is 0 Å². The summed E-state index contributed by atoms with van der Waals surface area (Å²) in [6.45, 7) is 1.11. The minimum Gasteiger partial charge on any atom is -0.507 e. The van der Waals surface area contributed by atoms with Crippen LogP contribution in [-0.4, -0.2) is 35.7 Å². The van der Waals surface area contributed by atoms with Crippen LogP contribution >= 0.6 is 0 Å². The van der Waals surface area contributed by atoms with Crippen molar-refractivity contribution in [1.82, 2.24) is 0 Å². The molecule has 0 spiro atoms. The van der Waals surface area contributed by atoms with E-state index in [1.807, 2.05) is 0 Å². The maximum Gasteiger partial charge on any atom is 0.190 e. The number of aryl methyl sites for hydroxylation is 1. The topological polar surface area (TPSA) is 176 Å². The van der Waals surface area contributed by atoms with Gasteiger partial charge in [-0.3, -0.25) is 9.59 Å². The standard InChI is InChI=1S/C30H16O9/c1-7-2-9(32)19-23-15(7)16-8(6-31)3-10(33)20-24(16)28-26-18(12(35)5-14(37)22(26)30(20)39)17-11(34)4-13(36)21(29(19)38)25(17)27(23)28/h2-5,31,34-39H,6H2,1H3. The Labute approximate surface area is 215 Å². The van der Waals surface area contributed by atoms with Crippen LogP contribution in [-0.2, 0) is 6.61 Å². The van der Waals surface area contributed by atoms with E-state index in [1.165, 1.54) is 12.1 Å². The van der Waals surface area contributed by atoms with Gasteiger partial charge in [0, 0.05) is 55.2 Å². The molecule has 0 aromatic heterocycles. The zero-order valence-electron chi connectivity index (χ0n) is 20.0. The average molecular weight is 520 g/mol. The molecule has 7 N–H and O–H groups in total. The minimum atomic E-state index is -0.625. The third-order valence-electron chi connectivity index (χ3n) is 8.30. The van der Waals surface area contributed by atoms with Gasteiger partial charge in [0.15, 0.2) is 10.9 Å². The van der Waals surface area contributed by atoms with Crippen molar-refractivity contribution in [3.8, 4) is 34.5 Å². The number of phenolic OH excluding ortho intramolecular Hbond substituents is 6. The Balaban J connectivity index is 2.03. The van der Waals surface area contributed by atoms with E-state index in [0.717, 1.165) is 12.1 Å². The molecule has 8 aromatic carbocycles. The lowest BCUT2D eigenvalue weighted by Crippen LogP contribution is -2.09. The first-order chi connectivity index (χ1) is 18.6. The van der Waals surface area contributed by atoms with Crippen molar-refractivity contribution >= 4 is 75.4 Å². The van der Waals surface area contributed by atoms with Crippen molar-refractivity contribution in [2.45, 2.75) is 13.5 Å². The highest BCUT2D eigenvalue weighted by Gasteiger charge is 2.33. The lowest BCUT2D eigenvalue weighted by molar-refractivity contribution is 0.283. The van der Waals surface area contributed by atoms with Crippen LogP contribution in [0.1, 0.15) is 11.1 Å². The predicted octanol–water partition coefficient (Wildman–Crippen LogP) is 4.26. The number of hydrogen-bond donors (Lipinski definition) is 7. The summed E-state index contributed by atoms with van der Waals surface area (Å²) in [5, 5.41) is 78.7. The molecule has 0 radical (unpaired) electrons. The van der Waals surface area contributed by atoms with Crippen LogP contribution in [0.2, 0.25) is 0 Å². The summed E-state index contributed by atoms with van der Waals surface area (Å²) < 4.78 is 0. The van der Waals surface area contributed by atoms with Gasteiger partial charge in [0.05, 0.1) is 28.2 Å². The fraction of sp³-hybridized carbons (Fsp3) is 0.0667. The zero-order valence-corrected chi connectivity index (χ0v) is 20.0. The second kappa shape index (κ2) is 6.40. The lowest BCUT2D eigenvalue weighted by atomic mass is 9.77. The molecule has 0 aliphatic rings. The van der Waals surface area contributed by atoms with Gasteiger partial charge < -0.3 is 35.7 Å². The Morgan fingerprint density at radius 2 is 0.846 bits per heavy atom. The van der Waals surface area contributed by atoms with Crippen molar-refractivity contribution in [2.75, 3.05) is 0 Å². The summed E-state index contributed by atoms with van der Waals surface area (Å²) in [6, 6.07) is 4.45. The average Bonchev–Trinajstić information content (AvgIpc) is 2.86. The second-order valence-electron chi connectivity index (χ2n) is 10.2. The van der Waals surface area contributed by atoms with Crippen molar-refractivity contribution in [2.24, 2.45) is 0 Å². The molecule has 39 heavy (non-hydrogen) atoms. The van der Waals surface area contributed by atoms with Crippen LogP contribution in [0.25, 0.3) is 75.4 Å². The van der Waals surface area contributed by atoms with Crippen LogP contribution in [0, 0.1) is 6.92 Å². The van der Waals surface area contributed by atoms with Gasteiger partial charge in [-0.2, -0.15) is 0 Å². The molecule has 8 aromatic rings. The van der Waals surface area contributed by atoms with Crippen molar-refractivity contribution in [3.05, 3.63) is 55.8 Å². The number of benzene rings is 8. The van der Waals surface area contributed by atoms with E-state index in [1.54, 1.807) is 6.92 Å². The van der Waals surface area contributed by atoms with E-state index >= 15 is 0 Å². The number of fused-ring (bicyclic) bond motifs is 2. The van der Waals surface area contributed by atoms with E-state index in [9.17, 15) is 45.3 Å². The van der Waals surface area contributed by atoms with Gasteiger partial charge in [0.2, 0.25) is 0 Å². The van der Waals surface area contributed by atoms with Crippen molar-refractivity contribution in [1.29, 1.82) is 0 Å². The van der Waals surface area contributed by atoms with E-state index in [2.05, 4.69) is 0 Å². The Morgan fingerprint density at radius 1 is 0.462 bits per heavy atom. The van der Waals surface area contributed by atoms with E-state index < -0.39 is 52.0 Å². The van der Waals surface area contributed by atoms with Gasteiger partial charge >= 0.3 is 0 Å². The quantitative estimate of drug-likeness (QED) is 0.123. The molecule has 0 saturated carbocycles. The smallest absolute Gasteiger partial charge is 0.190 e. The highest BCUT2D eigenvalue weighted by atomic mass is 16.3. The first-order valence-electron chi connectivity index (χ1n) is 12.0. The Kier molecular flexibility index (Phi) is 3.57. The van der Waals surface area contributed by atoms with Gasteiger partial charge in [-0.25, -0.2) is 0 Å². The van der Waals surface area contributed by atoms with Gasteiger partial charge in [-0.1, -0.05) is 0 Å². The fourth-order valence-corrected chi connectivity index (χ4v) is 7.00. The van der Waals surface area contributed by atoms with Gasteiger partial charge in [0.1, 0.15) is 34.5 Å². The zero-order chi connectivity index (χ0) is 27.4. The fourth-order valence-electron chi connectivity index (χ4n) is 7.00. The number of hydrogen-bond acceptors (Lipinski definition) is 9. The van der Waals surface area contributed by atoms with Crippen LogP contribution in [0.3, 0.4) is 0 Å². The van der Waals surface area contributed by atoms with E-state index in [-0.39, 0.29) is 70.2 Å². The molecule has 0 bridgehead atoms. The van der Waals surface area contributed by atoms with Crippen LogP contribution in [0.15, 0.2) is 33.9 Å². The molecule has 0 saturated heterocycles. The highest BCUT2D eigenvalue weighted by molar-refractivity contribution is 6.51. The molecule has 0 heterocycles. The number of aromatic hydroxyl groups is 6. The molecule has 9 nitrogen and oxygen atoms in total. The third kappa shape index (κ3) is 2.12. The Hall–Kier alpha value is -5.28. The maximum atomic E-state index is 13.4. The molecule has 0 aliphatic carbocycles. The van der Waals surface area contributed by atoms with E-state index in [4.69, 9.17) is 0 Å². The largest absolute Gasteiger partial charge is 0.507 e. The number of aliphatic hydroxyl groups excluding tert-OH is 1. The van der Waals surface area contributed by atoms with Crippen LogP contribution in [0.4, 0.5) is 0 Å². The van der Waals surface area contributed by atoms with Gasteiger partial charge in [-0.15, -0.1) is 0 Å². The normalized spacial score (nSPS) is 12.8. The summed E-state index contributed by atoms with van der Waals surface area (Å²) in [4.78, 5) is 26.8. The SMILES string of the molecule is Cc1cc(=O)c2c(O)c3c(O)cc(O)c4c5c(O)cc(O)c6c(O)c7c(=O)cc(CO)c8c1c2c(c34)c(c65)c78. The minimum absolute atomic E-state index is 0.00463. The van der Waals surface area contributed by atoms with E-state index in [0.29, 0.717) is 16.3 Å². The summed E-state index contributed by atoms with van der Waals surface area (Å²) in [6.07, 6.45) is 0. The third-order valence-corrected chi connectivity index (χ3v) is 8.30. The maximum absolute atomic E-state index is 13.4. The number of aliphatic hydroxyl groups is 1.